The zero-order chi connectivity index (χ0) is 17.9. The average molecular weight is 349 g/mol. The molecule has 1 aliphatic heterocycles. The minimum absolute atomic E-state index is 0.0400. The summed E-state index contributed by atoms with van der Waals surface area (Å²) in [5.41, 5.74) is 3.13. The molecule has 1 aromatic carbocycles. The van der Waals surface area contributed by atoms with Crippen LogP contribution in [0.15, 0.2) is 47.0 Å². The van der Waals surface area contributed by atoms with Gasteiger partial charge in [0, 0.05) is 24.7 Å². The maximum absolute atomic E-state index is 13.1. The van der Waals surface area contributed by atoms with Gasteiger partial charge in [0.1, 0.15) is 5.52 Å². The summed E-state index contributed by atoms with van der Waals surface area (Å²) in [4.78, 5) is 24.0. The van der Waals surface area contributed by atoms with Gasteiger partial charge in [0.2, 0.25) is 0 Å². The number of oxazole rings is 1. The molecule has 5 heteroatoms. The third kappa shape index (κ3) is 3.21. The van der Waals surface area contributed by atoms with E-state index in [4.69, 9.17) is 4.42 Å². The molecule has 134 valence electrons. The second-order valence-corrected chi connectivity index (χ2v) is 6.80. The van der Waals surface area contributed by atoms with Gasteiger partial charge in [0.05, 0.1) is 11.7 Å². The second kappa shape index (κ2) is 7.28. The lowest BCUT2D eigenvalue weighted by Gasteiger charge is -2.24. The van der Waals surface area contributed by atoms with E-state index in [1.54, 1.807) is 6.20 Å². The lowest BCUT2D eigenvalue weighted by atomic mass is 10.1. The van der Waals surface area contributed by atoms with Gasteiger partial charge in [-0.1, -0.05) is 19.4 Å². The van der Waals surface area contributed by atoms with E-state index in [9.17, 15) is 4.79 Å². The monoisotopic (exact) mass is 349 g/mol. The molecule has 1 atom stereocenters. The van der Waals surface area contributed by atoms with Crippen molar-refractivity contribution in [3.63, 3.8) is 0 Å². The second-order valence-electron chi connectivity index (χ2n) is 6.80. The van der Waals surface area contributed by atoms with Crippen molar-refractivity contribution in [2.45, 2.75) is 45.1 Å². The molecule has 0 saturated carbocycles. The van der Waals surface area contributed by atoms with Crippen LogP contribution in [0.1, 0.15) is 60.6 Å². The first-order valence-corrected chi connectivity index (χ1v) is 9.37. The highest BCUT2D eigenvalue weighted by atomic mass is 16.3. The molecule has 0 radical (unpaired) electrons. The van der Waals surface area contributed by atoms with Crippen LogP contribution in [-0.2, 0) is 6.42 Å². The Morgan fingerprint density at radius 3 is 3.04 bits per heavy atom. The van der Waals surface area contributed by atoms with Gasteiger partial charge in [-0.05, 0) is 49.6 Å². The molecule has 3 aromatic rings. The van der Waals surface area contributed by atoms with Gasteiger partial charge in [-0.3, -0.25) is 9.78 Å². The van der Waals surface area contributed by atoms with E-state index in [0.717, 1.165) is 61.3 Å². The summed E-state index contributed by atoms with van der Waals surface area (Å²) in [5, 5.41) is 0. The Bertz CT molecular complexity index is 904. The lowest BCUT2D eigenvalue weighted by Crippen LogP contribution is -2.30. The molecule has 5 nitrogen and oxygen atoms in total. The number of aromatic nitrogens is 2. The molecule has 1 saturated heterocycles. The third-order valence-electron chi connectivity index (χ3n) is 4.97. The van der Waals surface area contributed by atoms with Crippen LogP contribution in [0.4, 0.5) is 0 Å². The molecular formula is C21H23N3O2. The van der Waals surface area contributed by atoms with Crippen LogP contribution in [0, 0.1) is 0 Å². The number of nitrogens with zero attached hydrogens (tertiary/aromatic N) is 3. The Morgan fingerprint density at radius 1 is 1.31 bits per heavy atom. The van der Waals surface area contributed by atoms with Gasteiger partial charge in [-0.15, -0.1) is 0 Å². The molecule has 26 heavy (non-hydrogen) atoms. The number of rotatable bonds is 5. The van der Waals surface area contributed by atoms with Crippen molar-refractivity contribution in [1.29, 1.82) is 0 Å². The van der Waals surface area contributed by atoms with Gasteiger partial charge >= 0.3 is 0 Å². The number of hydrogen-bond donors (Lipinski definition) is 0. The SMILES string of the molecule is CCCCc1nc2cc(C(=O)N3CCC[C@H]3c3ccccn3)ccc2o1. The van der Waals surface area contributed by atoms with E-state index in [-0.39, 0.29) is 11.9 Å². The third-order valence-corrected chi connectivity index (χ3v) is 4.97. The van der Waals surface area contributed by atoms with Crippen molar-refractivity contribution in [3.8, 4) is 0 Å². The highest BCUT2D eigenvalue weighted by Gasteiger charge is 2.31. The minimum atomic E-state index is 0.0400. The summed E-state index contributed by atoms with van der Waals surface area (Å²) >= 11 is 0. The van der Waals surface area contributed by atoms with Crippen molar-refractivity contribution in [2.24, 2.45) is 0 Å². The quantitative estimate of drug-likeness (QED) is 0.678. The number of likely N-dealkylation sites (tertiary alicyclic amines) is 1. The number of pyridine rings is 1. The smallest absolute Gasteiger partial charge is 0.254 e. The van der Waals surface area contributed by atoms with Crippen molar-refractivity contribution < 1.29 is 9.21 Å². The standard InChI is InChI=1S/C21H23N3O2/c1-2-3-9-20-23-17-14-15(10-11-19(17)26-20)21(25)24-13-6-8-18(24)16-7-4-5-12-22-16/h4-5,7,10-12,14,18H,2-3,6,8-9,13H2,1H3/t18-/m0/s1. The minimum Gasteiger partial charge on any atom is -0.441 e. The Balaban J connectivity index is 1.59. The predicted molar refractivity (Wildman–Crippen MR) is 99.9 cm³/mol. The summed E-state index contributed by atoms with van der Waals surface area (Å²) in [6.07, 6.45) is 6.73. The number of carbonyl (C=O) groups is 1. The van der Waals surface area contributed by atoms with Gasteiger partial charge in [-0.25, -0.2) is 4.98 Å². The number of benzene rings is 1. The summed E-state index contributed by atoms with van der Waals surface area (Å²) < 4.78 is 5.77. The average Bonchev–Trinajstić information content (AvgIpc) is 3.32. The molecule has 0 N–H and O–H groups in total. The Morgan fingerprint density at radius 2 is 2.23 bits per heavy atom. The molecule has 0 bridgehead atoms. The van der Waals surface area contributed by atoms with E-state index in [1.165, 1.54) is 0 Å². The van der Waals surface area contributed by atoms with Crippen LogP contribution in [0.25, 0.3) is 11.1 Å². The van der Waals surface area contributed by atoms with E-state index in [2.05, 4.69) is 16.9 Å². The predicted octanol–water partition coefficient (Wildman–Crippen LogP) is 4.54. The first-order valence-electron chi connectivity index (χ1n) is 9.37. The summed E-state index contributed by atoms with van der Waals surface area (Å²) in [6.45, 7) is 2.91. The first kappa shape index (κ1) is 16.8. The Labute approximate surface area is 153 Å². The topological polar surface area (TPSA) is 59.2 Å². The fraction of sp³-hybridized carbons (Fsp3) is 0.381. The Hall–Kier alpha value is -2.69. The molecule has 1 amide bonds. The largest absolute Gasteiger partial charge is 0.441 e. The van der Waals surface area contributed by atoms with Gasteiger partial charge in [-0.2, -0.15) is 0 Å². The molecule has 1 fully saturated rings. The number of aryl methyl sites for hydroxylation is 1. The normalized spacial score (nSPS) is 17.1. The van der Waals surface area contributed by atoms with Crippen molar-refractivity contribution >= 4 is 17.0 Å². The van der Waals surface area contributed by atoms with Crippen LogP contribution in [0.5, 0.6) is 0 Å². The molecule has 2 aromatic heterocycles. The zero-order valence-corrected chi connectivity index (χ0v) is 15.0. The van der Waals surface area contributed by atoms with Crippen LogP contribution >= 0.6 is 0 Å². The van der Waals surface area contributed by atoms with Gasteiger partial charge < -0.3 is 9.32 Å². The molecular weight excluding hydrogens is 326 g/mol. The number of unbranched alkanes of at least 4 members (excludes halogenated alkanes) is 1. The number of fused-ring (bicyclic) bond motifs is 1. The summed E-state index contributed by atoms with van der Waals surface area (Å²) in [7, 11) is 0. The lowest BCUT2D eigenvalue weighted by molar-refractivity contribution is 0.0733. The van der Waals surface area contributed by atoms with E-state index in [0.29, 0.717) is 5.56 Å². The fourth-order valence-electron chi connectivity index (χ4n) is 3.60. The maximum atomic E-state index is 13.1. The van der Waals surface area contributed by atoms with Crippen LogP contribution in [0.2, 0.25) is 0 Å². The first-order chi connectivity index (χ1) is 12.8. The molecule has 4 rings (SSSR count). The summed E-state index contributed by atoms with van der Waals surface area (Å²) in [5.74, 6) is 0.789. The number of carbonyl (C=O) groups excluding carboxylic acids is 1. The highest BCUT2D eigenvalue weighted by molar-refractivity contribution is 5.97. The molecule has 0 spiro atoms. The van der Waals surface area contributed by atoms with E-state index < -0.39 is 0 Å². The number of amides is 1. The molecule has 1 aliphatic rings. The van der Waals surface area contributed by atoms with Crippen LogP contribution < -0.4 is 0 Å². The zero-order valence-electron chi connectivity index (χ0n) is 15.0. The fourth-order valence-corrected chi connectivity index (χ4v) is 3.60. The number of hydrogen-bond acceptors (Lipinski definition) is 4. The molecule has 3 heterocycles. The Kier molecular flexibility index (Phi) is 4.69. The van der Waals surface area contributed by atoms with Crippen LogP contribution in [-0.4, -0.2) is 27.3 Å². The van der Waals surface area contributed by atoms with E-state index >= 15 is 0 Å². The van der Waals surface area contributed by atoms with Crippen molar-refractivity contribution in [2.75, 3.05) is 6.54 Å². The van der Waals surface area contributed by atoms with Gasteiger partial charge in [0.15, 0.2) is 11.5 Å². The van der Waals surface area contributed by atoms with E-state index in [1.807, 2.05) is 41.3 Å². The molecule has 0 aliphatic carbocycles. The summed E-state index contributed by atoms with van der Waals surface area (Å²) in [6, 6.07) is 11.5. The highest BCUT2D eigenvalue weighted by Crippen LogP contribution is 2.32. The maximum Gasteiger partial charge on any atom is 0.254 e. The van der Waals surface area contributed by atoms with Gasteiger partial charge in [0.25, 0.3) is 5.91 Å². The van der Waals surface area contributed by atoms with Crippen molar-refractivity contribution in [1.82, 2.24) is 14.9 Å². The molecule has 0 unspecified atom stereocenters. The van der Waals surface area contributed by atoms with Crippen molar-refractivity contribution in [3.05, 3.63) is 59.7 Å². The van der Waals surface area contributed by atoms with Crippen LogP contribution in [0.3, 0.4) is 0 Å².